The summed E-state index contributed by atoms with van der Waals surface area (Å²) in [5.41, 5.74) is -1.59. The minimum Gasteiger partial charge on any atom is -0.481 e. The number of amides is 1. The summed E-state index contributed by atoms with van der Waals surface area (Å²) in [6.07, 6.45) is 2.28. The highest BCUT2D eigenvalue weighted by atomic mass is 17.0. The fourth-order valence-corrected chi connectivity index (χ4v) is 3.38. The van der Waals surface area contributed by atoms with Crippen molar-refractivity contribution in [3.05, 3.63) is 10.1 Å². The van der Waals surface area contributed by atoms with Crippen molar-refractivity contribution in [1.82, 2.24) is 5.32 Å². The molecule has 31 heavy (non-hydrogen) atoms. The fraction of sp³-hybridized carbons (Fsp3) is 0.842. The molecule has 0 aromatic carbocycles. The average molecular weight is 448 g/mol. The first-order valence-corrected chi connectivity index (χ1v) is 10.2. The van der Waals surface area contributed by atoms with E-state index in [-0.39, 0.29) is 32.8 Å². The third-order valence-electron chi connectivity index (χ3n) is 5.03. The van der Waals surface area contributed by atoms with Gasteiger partial charge in [0.1, 0.15) is 6.61 Å². The molecule has 2 N–H and O–H groups in total. The number of carboxylic acids is 1. The van der Waals surface area contributed by atoms with Crippen LogP contribution in [0.1, 0.15) is 59.3 Å². The zero-order valence-corrected chi connectivity index (χ0v) is 18.2. The predicted molar refractivity (Wildman–Crippen MR) is 105 cm³/mol. The molecule has 0 aromatic rings. The third-order valence-corrected chi connectivity index (χ3v) is 5.03. The van der Waals surface area contributed by atoms with E-state index in [1.807, 2.05) is 0 Å². The molecular formula is C19H32N2O10. The van der Waals surface area contributed by atoms with Crippen molar-refractivity contribution in [2.45, 2.75) is 65.6 Å². The number of nitrogens with one attached hydrogen (secondary N) is 1. The van der Waals surface area contributed by atoms with E-state index >= 15 is 0 Å². The highest BCUT2D eigenvalue weighted by molar-refractivity contribution is 5.76. The van der Waals surface area contributed by atoms with Crippen LogP contribution in [0.4, 0.5) is 4.79 Å². The normalized spacial score (nSPS) is 16.6. The Balaban J connectivity index is 2.41. The van der Waals surface area contributed by atoms with Gasteiger partial charge in [-0.1, -0.05) is 19.3 Å². The Kier molecular flexibility index (Phi) is 10.5. The number of carboxylic acid groups (broad SMARTS) is 1. The van der Waals surface area contributed by atoms with Crippen molar-refractivity contribution >= 4 is 18.0 Å². The van der Waals surface area contributed by atoms with Crippen LogP contribution in [0.3, 0.4) is 0 Å². The van der Waals surface area contributed by atoms with Crippen LogP contribution < -0.4 is 5.32 Å². The van der Waals surface area contributed by atoms with Gasteiger partial charge in [0.2, 0.25) is 6.29 Å². The van der Waals surface area contributed by atoms with Gasteiger partial charge in [0.15, 0.2) is 0 Å². The van der Waals surface area contributed by atoms with Gasteiger partial charge in [-0.2, -0.15) is 0 Å². The summed E-state index contributed by atoms with van der Waals surface area (Å²) in [6.45, 7) is 4.23. The molecule has 0 aliphatic heterocycles. The minimum absolute atomic E-state index is 0.0291. The predicted octanol–water partition coefficient (Wildman–Crippen LogP) is 2.28. The Morgan fingerprint density at radius 2 is 1.81 bits per heavy atom. The maximum absolute atomic E-state index is 12.3. The zero-order chi connectivity index (χ0) is 23.5. The SMILES string of the molecule is CC(OC(=O)NCC1(CC(=O)O)CCCCC1)OC(=O)C(C)(C)COCCO[N+](=O)[O-]. The highest BCUT2D eigenvalue weighted by Gasteiger charge is 2.35. The second-order valence-electron chi connectivity index (χ2n) is 8.36. The largest absolute Gasteiger partial charge is 0.481 e. The molecule has 0 bridgehead atoms. The van der Waals surface area contributed by atoms with E-state index in [4.69, 9.17) is 14.2 Å². The van der Waals surface area contributed by atoms with Crippen LogP contribution in [0.15, 0.2) is 0 Å². The van der Waals surface area contributed by atoms with Crippen molar-refractivity contribution in [2.75, 3.05) is 26.4 Å². The number of esters is 1. The van der Waals surface area contributed by atoms with Gasteiger partial charge >= 0.3 is 18.0 Å². The number of nitrogens with zero attached hydrogens (tertiary/aromatic N) is 1. The maximum atomic E-state index is 12.3. The molecule has 0 saturated heterocycles. The summed E-state index contributed by atoms with van der Waals surface area (Å²) >= 11 is 0. The molecule has 0 heterocycles. The van der Waals surface area contributed by atoms with Gasteiger partial charge in [-0.15, -0.1) is 10.1 Å². The second-order valence-corrected chi connectivity index (χ2v) is 8.36. The van der Waals surface area contributed by atoms with Crippen LogP contribution in [0, 0.1) is 20.9 Å². The molecule has 1 aliphatic rings. The average Bonchev–Trinajstić information content (AvgIpc) is 2.66. The topological polar surface area (TPSA) is 164 Å². The van der Waals surface area contributed by atoms with Crippen LogP contribution in [-0.4, -0.2) is 60.9 Å². The number of hydrogen-bond donors (Lipinski definition) is 2. The molecule has 1 rings (SSSR count). The van der Waals surface area contributed by atoms with E-state index < -0.39 is 40.2 Å². The first-order chi connectivity index (χ1) is 14.5. The number of rotatable bonds is 13. The Morgan fingerprint density at radius 3 is 2.39 bits per heavy atom. The molecule has 12 nitrogen and oxygen atoms in total. The first-order valence-electron chi connectivity index (χ1n) is 10.2. The molecule has 1 aliphatic carbocycles. The maximum Gasteiger partial charge on any atom is 0.410 e. The summed E-state index contributed by atoms with van der Waals surface area (Å²) in [6, 6.07) is 0. The van der Waals surface area contributed by atoms with Crippen LogP contribution >= 0.6 is 0 Å². The molecule has 12 heteroatoms. The highest BCUT2D eigenvalue weighted by Crippen LogP contribution is 2.38. The lowest BCUT2D eigenvalue weighted by atomic mass is 9.72. The van der Waals surface area contributed by atoms with Crippen LogP contribution in [-0.2, 0) is 28.6 Å². The van der Waals surface area contributed by atoms with Gasteiger partial charge in [0.25, 0.3) is 5.09 Å². The number of ether oxygens (including phenoxy) is 3. The lowest BCUT2D eigenvalue weighted by Crippen LogP contribution is -2.42. The fourth-order valence-electron chi connectivity index (χ4n) is 3.38. The summed E-state index contributed by atoms with van der Waals surface area (Å²) in [5.74, 6) is -1.59. The van der Waals surface area contributed by atoms with Gasteiger partial charge in [0, 0.05) is 13.5 Å². The number of aliphatic carboxylic acids is 1. The lowest BCUT2D eigenvalue weighted by molar-refractivity contribution is -0.758. The number of alkyl carbamates (subject to hydrolysis) is 1. The van der Waals surface area contributed by atoms with Crippen LogP contribution in [0.5, 0.6) is 0 Å². The summed E-state index contributed by atoms with van der Waals surface area (Å²) in [7, 11) is 0. The van der Waals surface area contributed by atoms with Gasteiger partial charge in [-0.25, -0.2) is 4.79 Å². The van der Waals surface area contributed by atoms with E-state index in [1.165, 1.54) is 6.92 Å². The second kappa shape index (κ2) is 12.3. The molecule has 0 aromatic heterocycles. The van der Waals surface area contributed by atoms with Crippen molar-refractivity contribution in [2.24, 2.45) is 10.8 Å². The number of carbonyl (C=O) groups excluding carboxylic acids is 2. The van der Waals surface area contributed by atoms with Crippen molar-refractivity contribution in [1.29, 1.82) is 0 Å². The van der Waals surface area contributed by atoms with E-state index in [9.17, 15) is 29.6 Å². The van der Waals surface area contributed by atoms with Gasteiger partial charge in [-0.3, -0.25) is 9.59 Å². The molecule has 0 radical (unpaired) electrons. The zero-order valence-electron chi connectivity index (χ0n) is 18.2. The van der Waals surface area contributed by atoms with Crippen LogP contribution in [0.2, 0.25) is 0 Å². The van der Waals surface area contributed by atoms with Crippen molar-refractivity contribution in [3.8, 4) is 0 Å². The molecular weight excluding hydrogens is 416 g/mol. The van der Waals surface area contributed by atoms with E-state index in [1.54, 1.807) is 13.8 Å². The van der Waals surface area contributed by atoms with E-state index in [0.717, 1.165) is 19.3 Å². The molecule has 1 unspecified atom stereocenters. The Morgan fingerprint density at radius 1 is 1.16 bits per heavy atom. The first kappa shape index (κ1) is 26.4. The summed E-state index contributed by atoms with van der Waals surface area (Å²) in [5, 5.41) is 20.9. The van der Waals surface area contributed by atoms with E-state index in [0.29, 0.717) is 12.8 Å². The number of carbonyl (C=O) groups is 3. The number of hydrogen-bond acceptors (Lipinski definition) is 9. The van der Waals surface area contributed by atoms with E-state index in [2.05, 4.69) is 10.2 Å². The third kappa shape index (κ3) is 10.3. The Bertz CT molecular complexity index is 631. The molecule has 1 saturated carbocycles. The quantitative estimate of drug-likeness (QED) is 0.140. The van der Waals surface area contributed by atoms with Crippen molar-refractivity contribution < 1.29 is 43.6 Å². The Hall–Kier alpha value is -2.63. The molecule has 178 valence electrons. The summed E-state index contributed by atoms with van der Waals surface area (Å²) < 4.78 is 15.4. The van der Waals surface area contributed by atoms with Gasteiger partial charge in [-0.05, 0) is 32.1 Å². The Labute approximate surface area is 180 Å². The molecule has 0 spiro atoms. The molecule has 1 amide bonds. The van der Waals surface area contributed by atoms with Gasteiger partial charge in [0.05, 0.1) is 25.0 Å². The summed E-state index contributed by atoms with van der Waals surface area (Å²) in [4.78, 5) is 49.7. The smallest absolute Gasteiger partial charge is 0.410 e. The molecule has 1 fully saturated rings. The lowest BCUT2D eigenvalue weighted by Gasteiger charge is -2.36. The monoisotopic (exact) mass is 448 g/mol. The van der Waals surface area contributed by atoms with Gasteiger partial charge < -0.3 is 29.5 Å². The van der Waals surface area contributed by atoms with Crippen LogP contribution in [0.25, 0.3) is 0 Å². The minimum atomic E-state index is -1.17. The van der Waals surface area contributed by atoms with Crippen molar-refractivity contribution in [3.63, 3.8) is 0 Å². The molecule has 1 atom stereocenters. The standard InChI is InChI=1S/C19H32N2O10/c1-14(30-16(24)18(2,3)13-28-9-10-29-21(26)27)31-17(25)20-12-19(11-15(22)23)7-5-4-6-8-19/h14H,4-13H2,1-3H3,(H,20,25)(H,22,23).